The van der Waals surface area contributed by atoms with Gasteiger partial charge in [0.1, 0.15) is 5.69 Å². The Morgan fingerprint density at radius 1 is 1.22 bits per heavy atom. The Bertz CT molecular complexity index is 1530. The number of nitrogens with two attached hydrogens (primary N) is 1. The fourth-order valence-electron chi connectivity index (χ4n) is 5.60. The Morgan fingerprint density at radius 3 is 2.83 bits per heavy atom. The van der Waals surface area contributed by atoms with Crippen molar-refractivity contribution in [2.45, 2.75) is 19.4 Å². The molecule has 2 aromatic heterocycles. The van der Waals surface area contributed by atoms with Gasteiger partial charge in [0, 0.05) is 41.8 Å². The first-order valence-electron chi connectivity index (χ1n) is 12.0. The lowest BCUT2D eigenvalue weighted by Crippen LogP contribution is -2.45. The summed E-state index contributed by atoms with van der Waals surface area (Å²) < 4.78 is 2.04. The number of para-hydroxylation sites is 1. The molecule has 2 amide bonds. The van der Waals surface area contributed by atoms with Gasteiger partial charge in [0.25, 0.3) is 11.8 Å². The summed E-state index contributed by atoms with van der Waals surface area (Å²) in [7, 11) is 1.97. The number of nitrogen functional groups attached to an aromatic ring is 1. The van der Waals surface area contributed by atoms with Crippen LogP contribution in [0.25, 0.3) is 21.3 Å². The van der Waals surface area contributed by atoms with Gasteiger partial charge in [0.05, 0.1) is 16.5 Å². The Hall–Kier alpha value is -3.36. The zero-order chi connectivity index (χ0) is 25.1. The smallest absolute Gasteiger partial charge is 0.274 e. The van der Waals surface area contributed by atoms with E-state index in [4.69, 9.17) is 17.3 Å². The lowest BCUT2D eigenvalue weighted by Gasteiger charge is -2.27. The van der Waals surface area contributed by atoms with Crippen LogP contribution in [0.4, 0.5) is 5.13 Å². The van der Waals surface area contributed by atoms with Gasteiger partial charge in [-0.25, -0.2) is 4.98 Å². The summed E-state index contributed by atoms with van der Waals surface area (Å²) in [5, 5.41) is 5.00. The number of anilines is 1. The molecule has 0 spiro atoms. The molecule has 1 saturated carbocycles. The Labute approximate surface area is 217 Å². The van der Waals surface area contributed by atoms with Crippen molar-refractivity contribution in [1.82, 2.24) is 19.8 Å². The average Bonchev–Trinajstić information content (AvgIpc) is 3.26. The Kier molecular flexibility index (Phi) is 5.53. The number of nitrogens with zero attached hydrogens (tertiary/aromatic N) is 3. The van der Waals surface area contributed by atoms with Crippen molar-refractivity contribution >= 4 is 50.8 Å². The summed E-state index contributed by atoms with van der Waals surface area (Å²) in [5.41, 5.74) is 9.83. The molecule has 4 aromatic rings. The van der Waals surface area contributed by atoms with Gasteiger partial charge in [0.2, 0.25) is 0 Å². The van der Waals surface area contributed by atoms with Crippen LogP contribution in [0, 0.1) is 18.8 Å². The van der Waals surface area contributed by atoms with E-state index >= 15 is 0 Å². The van der Waals surface area contributed by atoms with Crippen LogP contribution in [-0.2, 0) is 7.05 Å². The van der Waals surface area contributed by atoms with E-state index in [2.05, 4.69) is 10.3 Å². The first kappa shape index (κ1) is 23.1. The number of rotatable bonds is 5. The monoisotopic (exact) mass is 519 g/mol. The molecule has 36 heavy (non-hydrogen) atoms. The van der Waals surface area contributed by atoms with Crippen molar-refractivity contribution in [3.05, 3.63) is 70.5 Å². The number of piperidine rings is 1. The summed E-state index contributed by atoms with van der Waals surface area (Å²) in [6.07, 6.45) is 1.08. The van der Waals surface area contributed by atoms with Crippen LogP contribution in [0.1, 0.15) is 33.0 Å². The fourth-order valence-corrected chi connectivity index (χ4v) is 6.61. The maximum absolute atomic E-state index is 13.7. The number of carbonyl (C=O) groups is 2. The second kappa shape index (κ2) is 8.64. The molecule has 2 aromatic carbocycles. The zero-order valence-electron chi connectivity index (χ0n) is 20.0. The van der Waals surface area contributed by atoms with Crippen molar-refractivity contribution in [1.29, 1.82) is 0 Å². The summed E-state index contributed by atoms with van der Waals surface area (Å²) >= 11 is 7.48. The molecule has 0 unspecified atom stereocenters. The highest BCUT2D eigenvalue weighted by Crippen LogP contribution is 2.50. The highest BCUT2D eigenvalue weighted by molar-refractivity contribution is 7.19. The zero-order valence-corrected chi connectivity index (χ0v) is 21.6. The van der Waals surface area contributed by atoms with E-state index in [1.165, 1.54) is 11.3 Å². The summed E-state index contributed by atoms with van der Waals surface area (Å²) in [4.78, 5) is 34.0. The number of aryl methyl sites for hydroxylation is 1. The van der Waals surface area contributed by atoms with E-state index in [0.29, 0.717) is 46.3 Å². The molecule has 6 rings (SSSR count). The molecule has 9 heteroatoms. The molecule has 0 radical (unpaired) electrons. The fraction of sp³-hybridized carbons (Fsp3) is 0.296. The molecule has 1 aliphatic carbocycles. The van der Waals surface area contributed by atoms with E-state index in [0.717, 1.165) is 33.5 Å². The maximum Gasteiger partial charge on any atom is 0.274 e. The van der Waals surface area contributed by atoms with E-state index in [1.54, 1.807) is 6.07 Å². The number of nitrogens with one attached hydrogen (secondary N) is 1. The Morgan fingerprint density at radius 2 is 2.03 bits per heavy atom. The van der Waals surface area contributed by atoms with Gasteiger partial charge >= 0.3 is 0 Å². The number of likely N-dealkylation sites (tertiary alicyclic amines) is 1. The normalized spacial score (nSPS) is 20.5. The van der Waals surface area contributed by atoms with E-state index in [-0.39, 0.29) is 17.9 Å². The third-order valence-electron chi connectivity index (χ3n) is 7.60. The van der Waals surface area contributed by atoms with Gasteiger partial charge < -0.3 is 20.5 Å². The van der Waals surface area contributed by atoms with Crippen LogP contribution in [0.5, 0.6) is 0 Å². The summed E-state index contributed by atoms with van der Waals surface area (Å²) in [6.45, 7) is 3.03. The average molecular weight is 520 g/mol. The molecule has 3 heterocycles. The van der Waals surface area contributed by atoms with Crippen molar-refractivity contribution in [2.24, 2.45) is 18.9 Å². The van der Waals surface area contributed by atoms with Crippen LogP contribution >= 0.6 is 22.9 Å². The second-order valence-corrected chi connectivity index (χ2v) is 11.1. The van der Waals surface area contributed by atoms with Gasteiger partial charge in [-0.3, -0.25) is 9.59 Å². The summed E-state index contributed by atoms with van der Waals surface area (Å²) in [5.74, 6) is 0.609. The molecule has 0 bridgehead atoms. The minimum absolute atomic E-state index is 0.0723. The van der Waals surface area contributed by atoms with Crippen LogP contribution in [0.15, 0.2) is 48.5 Å². The summed E-state index contributed by atoms with van der Waals surface area (Å²) in [6, 6.07) is 15.2. The number of hydrogen-bond donors (Lipinski definition) is 2. The highest BCUT2D eigenvalue weighted by atomic mass is 35.5. The van der Waals surface area contributed by atoms with Crippen molar-refractivity contribution in [3.63, 3.8) is 0 Å². The number of halogens is 1. The molecule has 3 N–H and O–H groups in total. The van der Waals surface area contributed by atoms with Crippen LogP contribution in [-0.4, -0.2) is 45.4 Å². The molecule has 1 saturated heterocycles. The molecule has 184 valence electrons. The van der Waals surface area contributed by atoms with Crippen LogP contribution in [0.3, 0.4) is 0 Å². The lowest BCUT2D eigenvalue weighted by molar-refractivity contribution is 0.0691. The molecular formula is C27H26ClN5O2S. The third-order valence-corrected chi connectivity index (χ3v) is 8.76. The van der Waals surface area contributed by atoms with Gasteiger partial charge in [0.15, 0.2) is 5.13 Å². The minimum atomic E-state index is -0.147. The standard InChI is InChI=1S/C27H26ClN5O2S/c1-14-22(18-8-3-4-9-20(18)32(14)2)25(34)30-12-21-19-11-16(19)13-33(21)26(35)23-24(36-27(29)31-23)15-6-5-7-17(28)10-15/h3-10,16,19,21H,11-13H2,1-2H3,(H2,29,31)(H,30,34)/t16-,19-,21-/m1/s1. The van der Waals surface area contributed by atoms with E-state index in [1.807, 2.05) is 65.9 Å². The molecule has 1 aliphatic heterocycles. The number of amides is 2. The number of aromatic nitrogens is 2. The molecule has 2 fully saturated rings. The second-order valence-electron chi connectivity index (χ2n) is 9.67. The molecule has 2 aliphatic rings. The van der Waals surface area contributed by atoms with Crippen LogP contribution < -0.4 is 11.1 Å². The third kappa shape index (κ3) is 3.76. The van der Waals surface area contributed by atoms with Crippen molar-refractivity contribution in [3.8, 4) is 10.4 Å². The maximum atomic E-state index is 13.7. The largest absolute Gasteiger partial charge is 0.375 e. The van der Waals surface area contributed by atoms with Gasteiger partial charge in [-0.05, 0) is 48.9 Å². The highest BCUT2D eigenvalue weighted by Gasteiger charge is 2.54. The van der Waals surface area contributed by atoms with Gasteiger partial charge in [-0.1, -0.05) is 53.3 Å². The van der Waals surface area contributed by atoms with Crippen molar-refractivity contribution in [2.75, 3.05) is 18.8 Å². The van der Waals surface area contributed by atoms with Gasteiger partial charge in [-0.15, -0.1) is 0 Å². The van der Waals surface area contributed by atoms with E-state index < -0.39 is 0 Å². The first-order valence-corrected chi connectivity index (χ1v) is 13.2. The van der Waals surface area contributed by atoms with Crippen molar-refractivity contribution < 1.29 is 9.59 Å². The molecule has 3 atom stereocenters. The van der Waals surface area contributed by atoms with E-state index in [9.17, 15) is 9.59 Å². The minimum Gasteiger partial charge on any atom is -0.375 e. The SMILES string of the molecule is Cc1c(C(=O)NC[C@@H]2[C@@H]3C[C@@H]3CN2C(=O)c2nc(N)sc2-c2cccc(Cl)c2)c2ccccc2n1C. The molecular weight excluding hydrogens is 494 g/mol. The molecule has 7 nitrogen and oxygen atoms in total. The number of hydrogen-bond acceptors (Lipinski definition) is 5. The predicted molar refractivity (Wildman–Crippen MR) is 143 cm³/mol. The predicted octanol–water partition coefficient (Wildman–Crippen LogP) is 4.74. The lowest BCUT2D eigenvalue weighted by atomic mass is 10.1. The topological polar surface area (TPSA) is 93.2 Å². The van der Waals surface area contributed by atoms with Gasteiger partial charge in [-0.2, -0.15) is 0 Å². The number of thiazole rings is 1. The number of carbonyl (C=O) groups excluding carboxylic acids is 2. The Balaban J connectivity index is 1.25. The number of benzene rings is 2. The first-order chi connectivity index (χ1) is 17.3. The van der Waals surface area contributed by atoms with Crippen LogP contribution in [0.2, 0.25) is 5.02 Å². The number of fused-ring (bicyclic) bond motifs is 2. The quantitative estimate of drug-likeness (QED) is 0.398.